The highest BCUT2D eigenvalue weighted by atomic mass is 35.5. The van der Waals surface area contributed by atoms with Crippen LogP contribution in [0.1, 0.15) is 19.8 Å². The Morgan fingerprint density at radius 1 is 1.26 bits per heavy atom. The highest BCUT2D eigenvalue weighted by molar-refractivity contribution is 6.22. The first-order chi connectivity index (χ1) is 14.6. The van der Waals surface area contributed by atoms with Gasteiger partial charge >= 0.3 is 12.2 Å². The molecule has 5 atom stereocenters. The topological polar surface area (TPSA) is 71.1 Å². The molecular weight excluding hydrogens is 439 g/mol. The zero-order chi connectivity index (χ0) is 22.3. The summed E-state index contributed by atoms with van der Waals surface area (Å²) in [5.41, 5.74) is -0.766. The first-order valence-electron chi connectivity index (χ1n) is 10.4. The predicted molar refractivity (Wildman–Crippen MR) is 105 cm³/mol. The van der Waals surface area contributed by atoms with Crippen molar-refractivity contribution in [1.29, 1.82) is 0 Å². The van der Waals surface area contributed by atoms with Gasteiger partial charge in [-0.1, -0.05) is 13.0 Å². The van der Waals surface area contributed by atoms with Gasteiger partial charge in [-0.25, -0.2) is 4.79 Å². The molecular formula is C20H25ClF3N3O4. The minimum absolute atomic E-state index is 0.0432. The quantitative estimate of drug-likeness (QED) is 0.638. The molecule has 11 heteroatoms. The number of rotatable bonds is 2. The molecule has 0 aromatic rings. The third kappa shape index (κ3) is 4.79. The van der Waals surface area contributed by atoms with Crippen LogP contribution < -0.4 is 5.32 Å². The lowest BCUT2D eigenvalue weighted by atomic mass is 9.95. The highest BCUT2D eigenvalue weighted by Crippen LogP contribution is 2.37. The summed E-state index contributed by atoms with van der Waals surface area (Å²) in [6.45, 7) is 3.25. The third-order valence-electron chi connectivity index (χ3n) is 6.11. The first-order valence-corrected chi connectivity index (χ1v) is 10.8. The fraction of sp³-hybridized carbons (Fsp3) is 0.700. The van der Waals surface area contributed by atoms with Crippen molar-refractivity contribution < 1.29 is 32.2 Å². The summed E-state index contributed by atoms with van der Waals surface area (Å²) in [5, 5.41) is 2.17. The number of likely N-dealkylation sites (tertiary alicyclic amines) is 2. The molecule has 4 rings (SSSR count). The van der Waals surface area contributed by atoms with Gasteiger partial charge in [0.25, 0.3) is 0 Å². The molecule has 3 amide bonds. The van der Waals surface area contributed by atoms with Crippen molar-refractivity contribution in [2.75, 3.05) is 32.8 Å². The fourth-order valence-corrected chi connectivity index (χ4v) is 4.63. The Morgan fingerprint density at radius 2 is 1.97 bits per heavy atom. The summed E-state index contributed by atoms with van der Waals surface area (Å²) < 4.78 is 50.8. The van der Waals surface area contributed by atoms with Crippen molar-refractivity contribution in [2.45, 2.75) is 49.6 Å². The van der Waals surface area contributed by atoms with E-state index in [9.17, 15) is 22.8 Å². The van der Waals surface area contributed by atoms with Crippen molar-refractivity contribution in [1.82, 2.24) is 15.1 Å². The van der Waals surface area contributed by atoms with E-state index in [1.807, 2.05) is 0 Å². The number of ether oxygens (including phenoxy) is 2. The number of hydrogen-bond acceptors (Lipinski definition) is 4. The molecule has 7 nitrogen and oxygen atoms in total. The molecule has 0 aromatic heterocycles. The first kappa shape index (κ1) is 22.3. The molecule has 31 heavy (non-hydrogen) atoms. The number of nitrogens with one attached hydrogen (secondary N) is 1. The van der Waals surface area contributed by atoms with Gasteiger partial charge in [0.1, 0.15) is 18.5 Å². The number of fused-ring (bicyclic) bond motifs is 1. The lowest BCUT2D eigenvalue weighted by molar-refractivity contribution is -0.139. The number of alkyl halides is 4. The van der Waals surface area contributed by atoms with E-state index in [1.54, 1.807) is 16.7 Å². The van der Waals surface area contributed by atoms with Crippen molar-refractivity contribution >= 4 is 23.5 Å². The molecule has 0 saturated carbocycles. The smallest absolute Gasteiger partial charge is 0.416 e. The Bertz CT molecular complexity index is 803. The standard InChI is InChI=1S/C20H25ClF3N3O4/c1-11-6-12(20(22,23)24)7-16(18(11)21)31-13-2-4-26(8-13)19(29)27-5-3-15-14(9-27)25-17(28)10-30-15/h6-7,11,13-15,18H,2-5,8-10H2,1H3,(H,25,28)/t11?,13?,14-,15+,18?/m1/s1. The largest absolute Gasteiger partial charge is 0.491 e. The number of halogens is 4. The number of morpholine rings is 1. The van der Waals surface area contributed by atoms with Crippen LogP contribution in [0.25, 0.3) is 0 Å². The Kier molecular flexibility index (Phi) is 6.13. The van der Waals surface area contributed by atoms with Crippen LogP contribution in [0.3, 0.4) is 0 Å². The van der Waals surface area contributed by atoms with Crippen LogP contribution in [-0.4, -0.2) is 84.3 Å². The highest BCUT2D eigenvalue weighted by Gasteiger charge is 2.41. The van der Waals surface area contributed by atoms with Gasteiger partial charge in [0.15, 0.2) is 0 Å². The second-order valence-corrected chi connectivity index (χ2v) is 8.91. The molecule has 0 bridgehead atoms. The van der Waals surface area contributed by atoms with Gasteiger partial charge in [-0.2, -0.15) is 13.2 Å². The minimum atomic E-state index is -4.47. The second-order valence-electron chi connectivity index (χ2n) is 8.44. The van der Waals surface area contributed by atoms with E-state index < -0.39 is 29.1 Å². The summed E-state index contributed by atoms with van der Waals surface area (Å²) in [4.78, 5) is 27.8. The fourth-order valence-electron chi connectivity index (χ4n) is 4.45. The molecule has 172 valence electrons. The molecule has 3 unspecified atom stereocenters. The zero-order valence-corrected chi connectivity index (χ0v) is 17.8. The number of carbonyl (C=O) groups is 2. The Hall–Kier alpha value is -1.94. The van der Waals surface area contributed by atoms with Crippen molar-refractivity contribution in [3.8, 4) is 0 Å². The van der Waals surface area contributed by atoms with E-state index in [-0.39, 0.29) is 43.0 Å². The number of nitrogens with zero attached hydrogens (tertiary/aromatic N) is 2. The molecule has 0 aromatic carbocycles. The van der Waals surface area contributed by atoms with Crippen molar-refractivity contribution in [3.63, 3.8) is 0 Å². The van der Waals surface area contributed by atoms with E-state index in [1.165, 1.54) is 0 Å². The Morgan fingerprint density at radius 3 is 2.71 bits per heavy atom. The van der Waals surface area contributed by atoms with E-state index in [4.69, 9.17) is 21.1 Å². The minimum Gasteiger partial charge on any atom is -0.491 e. The van der Waals surface area contributed by atoms with Gasteiger partial charge in [-0.05, 0) is 18.4 Å². The second kappa shape index (κ2) is 8.54. The molecule has 3 fully saturated rings. The number of hydrogen-bond donors (Lipinski definition) is 1. The van der Waals surface area contributed by atoms with E-state index in [0.29, 0.717) is 32.5 Å². The number of urea groups is 1. The normalized spacial score (nSPS) is 34.0. The number of piperidine rings is 1. The summed E-state index contributed by atoms with van der Waals surface area (Å²) in [7, 11) is 0. The maximum absolute atomic E-state index is 13.1. The van der Waals surface area contributed by atoms with E-state index in [0.717, 1.165) is 12.2 Å². The number of allylic oxidation sites excluding steroid dienone is 4. The van der Waals surface area contributed by atoms with Crippen LogP contribution in [0.5, 0.6) is 0 Å². The van der Waals surface area contributed by atoms with Crippen LogP contribution in [-0.2, 0) is 14.3 Å². The number of amides is 3. The van der Waals surface area contributed by atoms with Gasteiger partial charge < -0.3 is 24.6 Å². The lowest BCUT2D eigenvalue weighted by Gasteiger charge is -2.42. The van der Waals surface area contributed by atoms with E-state index >= 15 is 0 Å². The Labute approximate surface area is 183 Å². The molecule has 4 aliphatic rings. The average Bonchev–Trinajstić information content (AvgIpc) is 3.17. The van der Waals surface area contributed by atoms with Gasteiger partial charge in [-0.3, -0.25) is 4.79 Å². The molecule has 0 spiro atoms. The van der Waals surface area contributed by atoms with Crippen LogP contribution in [0, 0.1) is 5.92 Å². The van der Waals surface area contributed by atoms with E-state index in [2.05, 4.69) is 5.32 Å². The zero-order valence-electron chi connectivity index (χ0n) is 17.0. The number of carbonyl (C=O) groups excluding carboxylic acids is 2. The monoisotopic (exact) mass is 463 g/mol. The molecule has 0 radical (unpaired) electrons. The summed E-state index contributed by atoms with van der Waals surface area (Å²) in [6, 6.07) is -0.402. The molecule has 3 aliphatic heterocycles. The summed E-state index contributed by atoms with van der Waals surface area (Å²) in [5.74, 6) is -0.624. The van der Waals surface area contributed by atoms with Gasteiger partial charge in [0, 0.05) is 26.1 Å². The summed E-state index contributed by atoms with van der Waals surface area (Å²) >= 11 is 6.28. The van der Waals surface area contributed by atoms with Crippen LogP contribution >= 0.6 is 11.6 Å². The van der Waals surface area contributed by atoms with Crippen molar-refractivity contribution in [2.24, 2.45) is 5.92 Å². The molecule has 1 aliphatic carbocycles. The van der Waals surface area contributed by atoms with Crippen LogP contribution in [0.2, 0.25) is 0 Å². The van der Waals surface area contributed by atoms with Gasteiger partial charge in [-0.15, -0.1) is 11.6 Å². The van der Waals surface area contributed by atoms with Gasteiger partial charge in [0.2, 0.25) is 5.91 Å². The summed E-state index contributed by atoms with van der Waals surface area (Å²) in [6.07, 6.45) is -1.78. The van der Waals surface area contributed by atoms with Crippen LogP contribution in [0.4, 0.5) is 18.0 Å². The van der Waals surface area contributed by atoms with Crippen LogP contribution in [0.15, 0.2) is 23.5 Å². The molecule has 3 heterocycles. The average molecular weight is 464 g/mol. The third-order valence-corrected chi connectivity index (χ3v) is 6.73. The maximum atomic E-state index is 13.1. The maximum Gasteiger partial charge on any atom is 0.416 e. The molecule has 1 N–H and O–H groups in total. The molecule has 3 saturated heterocycles. The lowest BCUT2D eigenvalue weighted by Crippen LogP contribution is -2.62. The SMILES string of the molecule is CC1C=C(C(F)(F)F)C=C(OC2CCN(C(=O)N3CC[C@@H]4OCC(=O)N[C@@H]4C3)C2)C1Cl. The van der Waals surface area contributed by atoms with Gasteiger partial charge in [0.05, 0.1) is 29.6 Å². The predicted octanol–water partition coefficient (Wildman–Crippen LogP) is 2.42. The Balaban J connectivity index is 1.35. The van der Waals surface area contributed by atoms with Crippen molar-refractivity contribution in [3.05, 3.63) is 23.5 Å².